The number of rotatable bonds is 4. The first-order valence-electron chi connectivity index (χ1n) is 6.76. The Morgan fingerprint density at radius 3 is 2.86 bits per heavy atom. The minimum Gasteiger partial charge on any atom is -0.354 e. The van der Waals surface area contributed by atoms with Gasteiger partial charge < -0.3 is 14.9 Å². The molecule has 0 atom stereocenters. The van der Waals surface area contributed by atoms with Gasteiger partial charge in [0, 0.05) is 19.0 Å². The van der Waals surface area contributed by atoms with Crippen molar-refractivity contribution in [2.45, 2.75) is 19.4 Å². The van der Waals surface area contributed by atoms with Crippen LogP contribution in [0, 0.1) is 11.7 Å². The van der Waals surface area contributed by atoms with Gasteiger partial charge in [0.15, 0.2) is 0 Å². The largest absolute Gasteiger partial charge is 0.354 e. The van der Waals surface area contributed by atoms with Crippen molar-refractivity contribution in [3.05, 3.63) is 44.7 Å². The number of halogens is 1. The molecular formula is C14H14FN3O3. The molecule has 7 heteroatoms. The number of aromatic nitrogens is 2. The lowest BCUT2D eigenvalue weighted by molar-refractivity contribution is -0.122. The first-order chi connectivity index (χ1) is 10.1. The third-order valence-electron chi connectivity index (χ3n) is 3.52. The van der Waals surface area contributed by atoms with Crippen molar-refractivity contribution in [3.8, 4) is 0 Å². The van der Waals surface area contributed by atoms with E-state index in [1.165, 1.54) is 16.7 Å². The van der Waals surface area contributed by atoms with Crippen LogP contribution in [-0.2, 0) is 11.3 Å². The molecule has 0 unspecified atom stereocenters. The molecule has 3 rings (SSSR count). The molecule has 110 valence electrons. The summed E-state index contributed by atoms with van der Waals surface area (Å²) in [5.74, 6) is -0.430. The SMILES string of the molecule is O=C(NCCn1c(=O)c(=O)[nH]c2cc(F)ccc21)C1CC1. The number of aromatic amines is 1. The second-order valence-corrected chi connectivity index (χ2v) is 5.14. The summed E-state index contributed by atoms with van der Waals surface area (Å²) in [4.78, 5) is 37.4. The predicted molar refractivity (Wildman–Crippen MR) is 74.5 cm³/mol. The van der Waals surface area contributed by atoms with Gasteiger partial charge in [0.1, 0.15) is 5.82 Å². The summed E-state index contributed by atoms with van der Waals surface area (Å²) >= 11 is 0. The van der Waals surface area contributed by atoms with Gasteiger partial charge in [0.25, 0.3) is 0 Å². The summed E-state index contributed by atoms with van der Waals surface area (Å²) in [7, 11) is 0. The normalized spacial score (nSPS) is 14.3. The zero-order chi connectivity index (χ0) is 15.0. The summed E-state index contributed by atoms with van der Waals surface area (Å²) < 4.78 is 14.4. The Morgan fingerprint density at radius 2 is 2.14 bits per heavy atom. The number of nitrogens with zero attached hydrogens (tertiary/aromatic N) is 1. The summed E-state index contributed by atoms with van der Waals surface area (Å²) in [6, 6.07) is 3.82. The molecule has 1 aromatic carbocycles. The highest BCUT2D eigenvalue weighted by atomic mass is 19.1. The van der Waals surface area contributed by atoms with Crippen LogP contribution in [0.25, 0.3) is 11.0 Å². The van der Waals surface area contributed by atoms with Crippen molar-refractivity contribution in [1.29, 1.82) is 0 Å². The molecule has 1 fully saturated rings. The van der Waals surface area contributed by atoms with E-state index in [2.05, 4.69) is 10.3 Å². The lowest BCUT2D eigenvalue weighted by Gasteiger charge is -2.10. The third kappa shape index (κ3) is 2.72. The standard InChI is InChI=1S/C14H14FN3O3/c15-9-3-4-11-10(7-9)17-13(20)14(21)18(11)6-5-16-12(19)8-1-2-8/h3-4,7-8H,1-2,5-6H2,(H,16,19)(H,17,20). The summed E-state index contributed by atoms with van der Waals surface area (Å²) in [5, 5.41) is 2.73. The van der Waals surface area contributed by atoms with E-state index in [-0.39, 0.29) is 30.4 Å². The number of nitrogens with one attached hydrogen (secondary N) is 2. The Balaban J connectivity index is 1.89. The smallest absolute Gasteiger partial charge is 0.316 e. The second kappa shape index (κ2) is 5.16. The molecule has 21 heavy (non-hydrogen) atoms. The van der Waals surface area contributed by atoms with Gasteiger partial charge >= 0.3 is 11.1 Å². The highest BCUT2D eigenvalue weighted by molar-refractivity contribution is 5.80. The molecule has 0 bridgehead atoms. The fourth-order valence-corrected chi connectivity index (χ4v) is 2.25. The zero-order valence-corrected chi connectivity index (χ0v) is 11.2. The number of hydrogen-bond donors (Lipinski definition) is 2. The number of carbonyl (C=O) groups is 1. The van der Waals surface area contributed by atoms with Crippen molar-refractivity contribution in [2.75, 3.05) is 6.54 Å². The molecule has 0 spiro atoms. The van der Waals surface area contributed by atoms with Gasteiger partial charge in [-0.3, -0.25) is 14.4 Å². The summed E-state index contributed by atoms with van der Waals surface area (Å²) in [6.45, 7) is 0.425. The van der Waals surface area contributed by atoms with E-state index in [1.807, 2.05) is 0 Å². The van der Waals surface area contributed by atoms with Crippen molar-refractivity contribution in [1.82, 2.24) is 14.9 Å². The topological polar surface area (TPSA) is 84.0 Å². The van der Waals surface area contributed by atoms with Crippen molar-refractivity contribution < 1.29 is 9.18 Å². The van der Waals surface area contributed by atoms with Crippen molar-refractivity contribution in [3.63, 3.8) is 0 Å². The molecule has 1 aliphatic carbocycles. The van der Waals surface area contributed by atoms with E-state index in [1.54, 1.807) is 0 Å². The Labute approximate surface area is 118 Å². The molecule has 1 aliphatic rings. The van der Waals surface area contributed by atoms with Crippen LogP contribution in [0.5, 0.6) is 0 Å². The maximum Gasteiger partial charge on any atom is 0.316 e. The highest BCUT2D eigenvalue weighted by Gasteiger charge is 2.29. The van der Waals surface area contributed by atoms with Crippen LogP contribution in [0.4, 0.5) is 4.39 Å². The third-order valence-corrected chi connectivity index (χ3v) is 3.52. The number of carbonyl (C=O) groups excluding carboxylic acids is 1. The first-order valence-corrected chi connectivity index (χ1v) is 6.76. The minimum atomic E-state index is -0.804. The van der Waals surface area contributed by atoms with Gasteiger partial charge in [-0.25, -0.2) is 4.39 Å². The fourth-order valence-electron chi connectivity index (χ4n) is 2.25. The monoisotopic (exact) mass is 291 g/mol. The van der Waals surface area contributed by atoms with E-state index in [4.69, 9.17) is 0 Å². The minimum absolute atomic E-state index is 0.0248. The van der Waals surface area contributed by atoms with Gasteiger partial charge in [-0.05, 0) is 31.0 Å². The molecule has 1 amide bonds. The molecule has 2 N–H and O–H groups in total. The predicted octanol–water partition coefficient (Wildman–Crippen LogP) is 0.355. The average Bonchev–Trinajstić information content (AvgIpc) is 3.27. The zero-order valence-electron chi connectivity index (χ0n) is 11.2. The van der Waals surface area contributed by atoms with Crippen molar-refractivity contribution >= 4 is 16.9 Å². The molecule has 1 heterocycles. The Morgan fingerprint density at radius 1 is 1.38 bits per heavy atom. The fraction of sp³-hybridized carbons (Fsp3) is 0.357. The maximum absolute atomic E-state index is 13.2. The van der Waals surface area contributed by atoms with Crippen LogP contribution in [0.15, 0.2) is 27.8 Å². The van der Waals surface area contributed by atoms with Crippen molar-refractivity contribution in [2.24, 2.45) is 5.92 Å². The van der Waals surface area contributed by atoms with Crippen LogP contribution in [0.2, 0.25) is 0 Å². The molecule has 1 aromatic heterocycles. The number of H-pyrrole nitrogens is 1. The van der Waals surface area contributed by atoms with Gasteiger partial charge in [-0.2, -0.15) is 0 Å². The van der Waals surface area contributed by atoms with Crippen LogP contribution in [0.3, 0.4) is 0 Å². The van der Waals surface area contributed by atoms with Gasteiger partial charge in [-0.1, -0.05) is 0 Å². The number of fused-ring (bicyclic) bond motifs is 1. The molecule has 1 saturated carbocycles. The van der Waals surface area contributed by atoms with Gasteiger partial charge in [-0.15, -0.1) is 0 Å². The highest BCUT2D eigenvalue weighted by Crippen LogP contribution is 2.28. The average molecular weight is 291 g/mol. The first kappa shape index (κ1) is 13.5. The maximum atomic E-state index is 13.2. The van der Waals surface area contributed by atoms with E-state index < -0.39 is 16.9 Å². The number of amides is 1. The quantitative estimate of drug-likeness (QED) is 0.798. The summed E-state index contributed by atoms with van der Waals surface area (Å²) in [6.07, 6.45) is 1.80. The Hall–Kier alpha value is -2.44. The molecule has 0 aliphatic heterocycles. The lowest BCUT2D eigenvalue weighted by Crippen LogP contribution is -2.39. The van der Waals surface area contributed by atoms with Gasteiger partial charge in [0.2, 0.25) is 5.91 Å². The number of hydrogen-bond acceptors (Lipinski definition) is 3. The molecule has 2 aromatic rings. The molecule has 6 nitrogen and oxygen atoms in total. The van der Waals surface area contributed by atoms with Crippen LogP contribution >= 0.6 is 0 Å². The Bertz CT molecular complexity index is 820. The Kier molecular flexibility index (Phi) is 3.32. The van der Waals surface area contributed by atoms with E-state index in [9.17, 15) is 18.8 Å². The van der Waals surface area contributed by atoms with Gasteiger partial charge in [0.05, 0.1) is 11.0 Å². The van der Waals surface area contributed by atoms with Crippen LogP contribution < -0.4 is 16.4 Å². The second-order valence-electron chi connectivity index (χ2n) is 5.14. The van der Waals surface area contributed by atoms with E-state index in [0.717, 1.165) is 18.9 Å². The molecule has 0 saturated heterocycles. The summed E-state index contributed by atoms with van der Waals surface area (Å²) in [5.41, 5.74) is -0.828. The molecule has 0 radical (unpaired) electrons. The van der Waals surface area contributed by atoms with E-state index >= 15 is 0 Å². The number of benzene rings is 1. The van der Waals surface area contributed by atoms with Crippen LogP contribution in [0.1, 0.15) is 12.8 Å². The lowest BCUT2D eigenvalue weighted by atomic mass is 10.3. The van der Waals surface area contributed by atoms with E-state index in [0.29, 0.717) is 5.52 Å². The molecular weight excluding hydrogens is 277 g/mol. The van der Waals surface area contributed by atoms with Crippen LogP contribution in [-0.4, -0.2) is 22.0 Å².